The number of piperazine rings is 1. The SMILES string of the molecule is CCOP(=O)(Cc1ccc(Nc2ncc(C(F)(F)F)c(Nc3ccc([C@H]4C[C@@H](N5CCN(C)CC5)C4)c4c3C(=O)N(C)C4)n2)c(OC)c1)OCC. The highest BCUT2D eigenvalue weighted by molar-refractivity contribution is 7.53. The third-order valence-electron chi connectivity index (χ3n) is 9.80. The van der Waals surface area contributed by atoms with Crippen LogP contribution < -0.4 is 15.4 Å². The van der Waals surface area contributed by atoms with Gasteiger partial charge in [0.05, 0.1) is 43.4 Å². The van der Waals surface area contributed by atoms with E-state index >= 15 is 0 Å². The van der Waals surface area contributed by atoms with Gasteiger partial charge in [0.2, 0.25) is 5.95 Å². The minimum absolute atomic E-state index is 0.00474. The molecular weight excluding hydrogens is 686 g/mol. The van der Waals surface area contributed by atoms with Gasteiger partial charge in [-0.3, -0.25) is 14.3 Å². The van der Waals surface area contributed by atoms with Crippen molar-refractivity contribution in [2.45, 2.75) is 57.5 Å². The lowest BCUT2D eigenvalue weighted by Crippen LogP contribution is -2.52. The topological polar surface area (TPSA) is 121 Å². The van der Waals surface area contributed by atoms with Gasteiger partial charge < -0.3 is 34.2 Å². The number of anilines is 4. The van der Waals surface area contributed by atoms with E-state index in [1.807, 2.05) is 6.07 Å². The van der Waals surface area contributed by atoms with Crippen LogP contribution in [0.5, 0.6) is 5.75 Å². The molecule has 2 fully saturated rings. The molecule has 3 aromatic rings. The van der Waals surface area contributed by atoms with E-state index in [1.54, 1.807) is 50.1 Å². The number of benzene rings is 2. The summed E-state index contributed by atoms with van der Waals surface area (Å²) >= 11 is 0. The molecule has 2 aromatic carbocycles. The van der Waals surface area contributed by atoms with Crippen LogP contribution in [0, 0.1) is 0 Å². The zero-order chi connectivity index (χ0) is 36.5. The molecule has 3 aliphatic rings. The minimum atomic E-state index is -4.77. The fraction of sp³-hybridized carbons (Fsp3) is 0.514. The molecule has 1 aliphatic carbocycles. The Labute approximate surface area is 296 Å². The number of halogens is 3. The van der Waals surface area contributed by atoms with Crippen LogP contribution in [0.2, 0.25) is 0 Å². The predicted octanol–water partition coefficient (Wildman–Crippen LogP) is 6.84. The molecule has 51 heavy (non-hydrogen) atoms. The van der Waals surface area contributed by atoms with Crippen molar-refractivity contribution in [1.82, 2.24) is 24.7 Å². The average molecular weight is 732 g/mol. The first-order chi connectivity index (χ1) is 24.3. The zero-order valence-electron chi connectivity index (χ0n) is 29.5. The molecule has 0 spiro atoms. The lowest BCUT2D eigenvalue weighted by molar-refractivity contribution is -0.137. The smallest absolute Gasteiger partial charge is 0.421 e. The Hall–Kier alpha value is -3.75. The number of nitrogens with zero attached hydrogens (tertiary/aromatic N) is 5. The largest absolute Gasteiger partial charge is 0.495 e. The van der Waals surface area contributed by atoms with E-state index in [0.29, 0.717) is 41.3 Å². The number of carbonyl (C=O) groups excluding carboxylic acids is 1. The summed E-state index contributed by atoms with van der Waals surface area (Å²) in [6.45, 7) is 8.44. The Kier molecular flexibility index (Phi) is 10.9. The maximum Gasteiger partial charge on any atom is 0.421 e. The summed E-state index contributed by atoms with van der Waals surface area (Å²) < 4.78 is 72.2. The number of rotatable bonds is 13. The van der Waals surface area contributed by atoms with E-state index in [2.05, 4.69) is 37.4 Å². The first-order valence-electron chi connectivity index (χ1n) is 17.2. The molecule has 0 atom stereocenters. The van der Waals surface area contributed by atoms with Crippen molar-refractivity contribution in [2.24, 2.45) is 0 Å². The molecular formula is C35H45F3N7O5P. The number of carbonyl (C=O) groups is 1. The lowest BCUT2D eigenvalue weighted by Gasteiger charge is -2.46. The Morgan fingerprint density at radius 1 is 0.980 bits per heavy atom. The number of alkyl halides is 3. The first kappa shape index (κ1) is 37.0. The van der Waals surface area contributed by atoms with Crippen LogP contribution in [0.3, 0.4) is 0 Å². The minimum Gasteiger partial charge on any atom is -0.495 e. The lowest BCUT2D eigenvalue weighted by atomic mass is 9.73. The number of hydrogen-bond donors (Lipinski definition) is 2. The van der Waals surface area contributed by atoms with Crippen LogP contribution >= 0.6 is 7.60 Å². The first-order valence-corrected chi connectivity index (χ1v) is 18.9. The van der Waals surface area contributed by atoms with Gasteiger partial charge in [-0.25, -0.2) is 4.98 Å². The summed E-state index contributed by atoms with van der Waals surface area (Å²) in [6.07, 6.45) is -2.09. The van der Waals surface area contributed by atoms with Gasteiger partial charge in [0, 0.05) is 52.0 Å². The van der Waals surface area contributed by atoms with Crippen LogP contribution in [-0.2, 0) is 32.5 Å². The second-order valence-electron chi connectivity index (χ2n) is 13.2. The molecule has 0 radical (unpaired) electrons. The number of likely N-dealkylation sites (N-methyl/N-ethyl adjacent to an activating group) is 1. The number of methoxy groups -OCH3 is 1. The molecule has 1 amide bonds. The molecule has 2 aliphatic heterocycles. The van der Waals surface area contributed by atoms with Gasteiger partial charge in [0.15, 0.2) is 0 Å². The fourth-order valence-corrected chi connectivity index (χ4v) is 8.76. The van der Waals surface area contributed by atoms with Crippen LogP contribution in [0.1, 0.15) is 65.2 Å². The summed E-state index contributed by atoms with van der Waals surface area (Å²) in [7, 11) is 1.87. The van der Waals surface area contributed by atoms with Crippen molar-refractivity contribution in [1.29, 1.82) is 0 Å². The van der Waals surface area contributed by atoms with Crippen molar-refractivity contribution >= 4 is 36.6 Å². The van der Waals surface area contributed by atoms with Gasteiger partial charge >= 0.3 is 13.8 Å². The molecule has 1 saturated heterocycles. The summed E-state index contributed by atoms with van der Waals surface area (Å²) in [6, 6.07) is 9.07. The third kappa shape index (κ3) is 8.02. The fourth-order valence-electron chi connectivity index (χ4n) is 7.07. The molecule has 0 bridgehead atoms. The normalized spacial score (nSPS) is 19.9. The van der Waals surface area contributed by atoms with Crippen molar-refractivity contribution < 1.29 is 36.3 Å². The second kappa shape index (κ2) is 15.1. The van der Waals surface area contributed by atoms with Crippen molar-refractivity contribution in [3.05, 3.63) is 64.3 Å². The summed E-state index contributed by atoms with van der Waals surface area (Å²) in [5.74, 6) is -0.289. The second-order valence-corrected chi connectivity index (χ2v) is 15.3. The highest BCUT2D eigenvalue weighted by Gasteiger charge is 2.40. The molecule has 12 nitrogen and oxygen atoms in total. The number of hydrogen-bond acceptors (Lipinski definition) is 11. The Bertz CT molecular complexity index is 1790. The van der Waals surface area contributed by atoms with E-state index in [4.69, 9.17) is 13.8 Å². The summed E-state index contributed by atoms with van der Waals surface area (Å²) in [5.41, 5.74) is 2.45. The maximum absolute atomic E-state index is 14.3. The number of ether oxygens (including phenoxy) is 1. The van der Waals surface area contributed by atoms with Crippen molar-refractivity contribution in [2.75, 3.05) is 71.2 Å². The molecule has 6 rings (SSSR count). The van der Waals surface area contributed by atoms with E-state index in [1.165, 1.54) is 7.11 Å². The van der Waals surface area contributed by atoms with Gasteiger partial charge in [-0.05, 0) is 74.5 Å². The number of fused-ring (bicyclic) bond motifs is 1. The Morgan fingerprint density at radius 3 is 2.31 bits per heavy atom. The van der Waals surface area contributed by atoms with Crippen LogP contribution in [0.15, 0.2) is 36.5 Å². The predicted molar refractivity (Wildman–Crippen MR) is 188 cm³/mol. The van der Waals surface area contributed by atoms with Crippen molar-refractivity contribution in [3.63, 3.8) is 0 Å². The zero-order valence-corrected chi connectivity index (χ0v) is 30.4. The van der Waals surface area contributed by atoms with Crippen LogP contribution in [-0.4, -0.2) is 97.2 Å². The van der Waals surface area contributed by atoms with E-state index in [9.17, 15) is 22.5 Å². The van der Waals surface area contributed by atoms with E-state index in [0.717, 1.165) is 50.1 Å². The molecule has 1 saturated carbocycles. The molecule has 3 heterocycles. The van der Waals surface area contributed by atoms with Gasteiger partial charge in [-0.15, -0.1) is 0 Å². The molecule has 2 N–H and O–H groups in total. The molecule has 276 valence electrons. The quantitative estimate of drug-likeness (QED) is 0.180. The summed E-state index contributed by atoms with van der Waals surface area (Å²) in [4.78, 5) is 28.1. The average Bonchev–Trinajstić information content (AvgIpc) is 3.36. The Balaban J connectivity index is 1.25. The highest BCUT2D eigenvalue weighted by atomic mass is 31.2. The van der Waals surface area contributed by atoms with E-state index < -0.39 is 25.2 Å². The number of nitrogens with one attached hydrogen (secondary N) is 2. The van der Waals surface area contributed by atoms with Crippen LogP contribution in [0.4, 0.5) is 36.3 Å². The number of amides is 1. The maximum atomic E-state index is 14.3. The molecule has 1 aromatic heterocycles. The standard InChI is InChI=1S/C35H45F3N7O5P/c1-6-49-51(47,50-7-2)21-22-8-10-28(30(16-22)48-5)41-34-39-19-27(35(36,37)38)32(42-34)40-29-11-9-25(26-20-44(4)33(46)31(26)29)23-17-24(18-23)45-14-12-43(3)13-15-45/h8-11,16,19,23-24H,6-7,12-15,17-18,20-21H2,1-5H3,(H2,39,40,41,42)/t23-,24+. The van der Waals surface area contributed by atoms with E-state index in [-0.39, 0.29) is 42.8 Å². The van der Waals surface area contributed by atoms with Gasteiger partial charge in [-0.2, -0.15) is 18.2 Å². The number of aromatic nitrogens is 2. The molecule has 16 heteroatoms. The monoisotopic (exact) mass is 731 g/mol. The van der Waals surface area contributed by atoms with Gasteiger partial charge in [0.1, 0.15) is 17.1 Å². The molecule has 0 unspecified atom stereocenters. The van der Waals surface area contributed by atoms with Crippen LogP contribution in [0.25, 0.3) is 0 Å². The Morgan fingerprint density at radius 2 is 1.67 bits per heavy atom. The highest BCUT2D eigenvalue weighted by Crippen LogP contribution is 2.52. The van der Waals surface area contributed by atoms with Crippen molar-refractivity contribution in [3.8, 4) is 5.75 Å². The third-order valence-corrected chi connectivity index (χ3v) is 11.9. The summed E-state index contributed by atoms with van der Waals surface area (Å²) in [5, 5.41) is 5.79. The van der Waals surface area contributed by atoms with Gasteiger partial charge in [-0.1, -0.05) is 12.1 Å². The van der Waals surface area contributed by atoms with Gasteiger partial charge in [0.25, 0.3) is 5.91 Å².